The number of aryl methyl sites for hydroxylation is 1. The van der Waals surface area contributed by atoms with Crippen molar-refractivity contribution in [1.29, 1.82) is 0 Å². The van der Waals surface area contributed by atoms with Crippen molar-refractivity contribution < 1.29 is 0 Å². The lowest BCUT2D eigenvalue weighted by atomic mass is 10.1. The SMILES string of the molecule is Cc1cccc2nc(N)n(Sc3ccncc3)c(=O)c12. The molecule has 100 valence electrons. The highest BCUT2D eigenvalue weighted by molar-refractivity contribution is 7.98. The zero-order valence-electron chi connectivity index (χ0n) is 10.8. The molecule has 2 aromatic heterocycles. The van der Waals surface area contributed by atoms with Gasteiger partial charge in [-0.3, -0.25) is 9.78 Å². The molecule has 0 fully saturated rings. The van der Waals surface area contributed by atoms with Gasteiger partial charge in [0.1, 0.15) is 0 Å². The quantitative estimate of drug-likeness (QED) is 0.781. The molecule has 0 amide bonds. The summed E-state index contributed by atoms with van der Waals surface area (Å²) in [7, 11) is 0. The molecule has 1 aromatic carbocycles. The molecule has 2 N–H and O–H groups in total. The second-order valence-corrected chi connectivity index (χ2v) is 5.33. The Morgan fingerprint density at radius 3 is 2.70 bits per heavy atom. The molecule has 0 aliphatic rings. The van der Waals surface area contributed by atoms with Crippen molar-refractivity contribution >= 4 is 28.8 Å². The largest absolute Gasteiger partial charge is 0.368 e. The Morgan fingerprint density at radius 1 is 1.20 bits per heavy atom. The van der Waals surface area contributed by atoms with Crippen LogP contribution in [0.2, 0.25) is 0 Å². The molecule has 5 nitrogen and oxygen atoms in total. The van der Waals surface area contributed by atoms with Crippen molar-refractivity contribution in [3.63, 3.8) is 0 Å². The number of anilines is 1. The summed E-state index contributed by atoms with van der Waals surface area (Å²) in [5, 5.41) is 0.600. The third-order valence-corrected chi connectivity index (χ3v) is 3.96. The van der Waals surface area contributed by atoms with E-state index in [1.165, 1.54) is 15.9 Å². The van der Waals surface area contributed by atoms with Crippen molar-refractivity contribution in [3.8, 4) is 0 Å². The fraction of sp³-hybridized carbons (Fsp3) is 0.0714. The van der Waals surface area contributed by atoms with Crippen LogP contribution in [-0.2, 0) is 0 Å². The molecule has 2 heterocycles. The third-order valence-electron chi connectivity index (χ3n) is 2.94. The first-order valence-electron chi connectivity index (χ1n) is 6.03. The number of benzene rings is 1. The van der Waals surface area contributed by atoms with E-state index in [0.29, 0.717) is 10.9 Å². The van der Waals surface area contributed by atoms with Crippen LogP contribution in [0.3, 0.4) is 0 Å². The van der Waals surface area contributed by atoms with Crippen LogP contribution >= 0.6 is 11.9 Å². The summed E-state index contributed by atoms with van der Waals surface area (Å²) < 4.78 is 1.41. The van der Waals surface area contributed by atoms with E-state index in [1.807, 2.05) is 31.2 Å². The van der Waals surface area contributed by atoms with E-state index in [9.17, 15) is 4.79 Å². The van der Waals surface area contributed by atoms with Gasteiger partial charge in [-0.05, 0) is 42.6 Å². The van der Waals surface area contributed by atoms with E-state index in [-0.39, 0.29) is 11.5 Å². The van der Waals surface area contributed by atoms with Crippen LogP contribution in [0.15, 0.2) is 52.4 Å². The molecular weight excluding hydrogens is 272 g/mol. The number of hydrogen-bond acceptors (Lipinski definition) is 5. The Bertz CT molecular complexity index is 830. The van der Waals surface area contributed by atoms with E-state index in [0.717, 1.165) is 10.5 Å². The highest BCUT2D eigenvalue weighted by Gasteiger charge is 2.11. The summed E-state index contributed by atoms with van der Waals surface area (Å²) in [6.45, 7) is 1.89. The Hall–Kier alpha value is -2.34. The van der Waals surface area contributed by atoms with Gasteiger partial charge in [-0.15, -0.1) is 0 Å². The van der Waals surface area contributed by atoms with Crippen molar-refractivity contribution in [2.75, 3.05) is 5.73 Å². The zero-order valence-corrected chi connectivity index (χ0v) is 11.6. The van der Waals surface area contributed by atoms with Crippen molar-refractivity contribution in [1.82, 2.24) is 13.9 Å². The van der Waals surface area contributed by atoms with E-state index in [1.54, 1.807) is 18.5 Å². The van der Waals surface area contributed by atoms with E-state index in [4.69, 9.17) is 5.73 Å². The minimum atomic E-state index is -0.146. The molecule has 0 aliphatic heterocycles. The van der Waals surface area contributed by atoms with Gasteiger partial charge in [-0.1, -0.05) is 12.1 Å². The van der Waals surface area contributed by atoms with E-state index < -0.39 is 0 Å². The lowest BCUT2D eigenvalue weighted by Crippen LogP contribution is -2.20. The first kappa shape index (κ1) is 12.7. The van der Waals surface area contributed by atoms with Gasteiger partial charge in [0.15, 0.2) is 0 Å². The predicted octanol–water partition coefficient (Wildman–Crippen LogP) is 2.24. The van der Waals surface area contributed by atoms with Crippen LogP contribution in [0.1, 0.15) is 5.56 Å². The maximum atomic E-state index is 12.6. The minimum Gasteiger partial charge on any atom is -0.368 e. The second kappa shape index (κ2) is 4.97. The Morgan fingerprint density at radius 2 is 1.95 bits per heavy atom. The van der Waals surface area contributed by atoms with E-state index >= 15 is 0 Å². The van der Waals surface area contributed by atoms with E-state index in [2.05, 4.69) is 9.97 Å². The van der Waals surface area contributed by atoms with Gasteiger partial charge in [0.25, 0.3) is 5.56 Å². The number of nitrogens with two attached hydrogens (primary N) is 1. The Kier molecular flexibility index (Phi) is 3.15. The number of hydrogen-bond donors (Lipinski definition) is 1. The smallest absolute Gasteiger partial charge is 0.273 e. The lowest BCUT2D eigenvalue weighted by Gasteiger charge is -2.10. The highest BCUT2D eigenvalue weighted by Crippen LogP contribution is 2.22. The minimum absolute atomic E-state index is 0.146. The number of nitrogens with zero attached hydrogens (tertiary/aromatic N) is 3. The zero-order chi connectivity index (χ0) is 14.1. The molecule has 3 rings (SSSR count). The molecule has 0 radical (unpaired) electrons. The summed E-state index contributed by atoms with van der Waals surface area (Å²) in [6.07, 6.45) is 3.34. The summed E-state index contributed by atoms with van der Waals surface area (Å²) in [6, 6.07) is 9.19. The van der Waals surface area contributed by atoms with Gasteiger partial charge in [-0.2, -0.15) is 0 Å². The molecule has 0 unspecified atom stereocenters. The fourth-order valence-electron chi connectivity index (χ4n) is 1.99. The van der Waals surface area contributed by atoms with Crippen LogP contribution in [0, 0.1) is 6.92 Å². The molecule has 0 spiro atoms. The van der Waals surface area contributed by atoms with Crippen molar-refractivity contribution in [2.45, 2.75) is 11.8 Å². The Labute approximate surface area is 119 Å². The number of rotatable bonds is 2. The number of pyridine rings is 1. The van der Waals surface area contributed by atoms with Crippen LogP contribution in [0.4, 0.5) is 5.95 Å². The van der Waals surface area contributed by atoms with Crippen LogP contribution in [-0.4, -0.2) is 13.9 Å². The highest BCUT2D eigenvalue weighted by atomic mass is 32.2. The van der Waals surface area contributed by atoms with Crippen molar-refractivity contribution in [2.24, 2.45) is 0 Å². The van der Waals surface area contributed by atoms with Gasteiger partial charge >= 0.3 is 0 Å². The van der Waals surface area contributed by atoms with Gasteiger partial charge in [0.2, 0.25) is 5.95 Å². The van der Waals surface area contributed by atoms with Crippen molar-refractivity contribution in [3.05, 3.63) is 58.6 Å². The fourth-order valence-corrected chi connectivity index (χ4v) is 2.75. The van der Waals surface area contributed by atoms with Crippen LogP contribution in [0.25, 0.3) is 10.9 Å². The predicted molar refractivity (Wildman–Crippen MR) is 80.6 cm³/mol. The van der Waals surface area contributed by atoms with Gasteiger partial charge in [0, 0.05) is 17.3 Å². The molecule has 0 aliphatic carbocycles. The van der Waals surface area contributed by atoms with Crippen LogP contribution in [0.5, 0.6) is 0 Å². The monoisotopic (exact) mass is 284 g/mol. The normalized spacial score (nSPS) is 10.8. The lowest BCUT2D eigenvalue weighted by molar-refractivity contribution is 1.10. The molecule has 0 atom stereocenters. The summed E-state index contributed by atoms with van der Waals surface area (Å²) >= 11 is 1.24. The molecule has 20 heavy (non-hydrogen) atoms. The average Bonchev–Trinajstić information content (AvgIpc) is 2.44. The van der Waals surface area contributed by atoms with Gasteiger partial charge in [-0.25, -0.2) is 8.96 Å². The number of aromatic nitrogens is 3. The average molecular weight is 284 g/mol. The molecule has 0 saturated carbocycles. The second-order valence-electron chi connectivity index (χ2n) is 4.31. The third kappa shape index (κ3) is 2.14. The maximum absolute atomic E-state index is 12.6. The summed E-state index contributed by atoms with van der Waals surface area (Å²) in [4.78, 5) is 21.7. The first-order valence-corrected chi connectivity index (χ1v) is 6.80. The van der Waals surface area contributed by atoms with Crippen LogP contribution < -0.4 is 11.3 Å². The summed E-state index contributed by atoms with van der Waals surface area (Å²) in [5.41, 5.74) is 7.27. The maximum Gasteiger partial charge on any atom is 0.273 e. The van der Waals surface area contributed by atoms with Gasteiger partial charge < -0.3 is 5.73 Å². The van der Waals surface area contributed by atoms with Gasteiger partial charge in [0.05, 0.1) is 10.9 Å². The molecule has 6 heteroatoms. The molecule has 0 bridgehead atoms. The first-order chi connectivity index (χ1) is 9.66. The molecular formula is C14H12N4OS. The Balaban J connectivity index is 2.21. The number of nitrogen functional groups attached to an aromatic ring is 1. The molecule has 0 saturated heterocycles. The standard InChI is InChI=1S/C14H12N4OS/c1-9-3-2-4-11-12(9)13(19)18(14(15)17-11)20-10-5-7-16-8-6-10/h2-8H,1H3,(H2,15,17). The molecule has 3 aromatic rings. The summed E-state index contributed by atoms with van der Waals surface area (Å²) in [5.74, 6) is 0.190. The topological polar surface area (TPSA) is 73.8 Å². The number of fused-ring (bicyclic) bond motifs is 1.